The van der Waals surface area contributed by atoms with E-state index in [1.165, 1.54) is 0 Å². The third-order valence-electron chi connectivity index (χ3n) is 6.42. The molecular weight excluding hydrogens is 460 g/mol. The van der Waals surface area contributed by atoms with Gasteiger partial charge >= 0.3 is 0 Å². The van der Waals surface area contributed by atoms with Crippen molar-refractivity contribution in [2.24, 2.45) is 0 Å². The monoisotopic (exact) mass is 482 g/mol. The lowest BCUT2D eigenvalue weighted by atomic mass is 10.1. The topological polar surface area (TPSA) is 69.3 Å². The molecule has 174 valence electrons. The van der Waals surface area contributed by atoms with Gasteiger partial charge in [-0.2, -0.15) is 5.26 Å². The van der Waals surface area contributed by atoms with Crippen LogP contribution in [0.2, 0.25) is 5.02 Å². The average molecular weight is 483 g/mol. The minimum Gasteiger partial charge on any atom is -0.366 e. The zero-order valence-electron chi connectivity index (χ0n) is 19.0. The van der Waals surface area contributed by atoms with Crippen LogP contribution in [0.25, 0.3) is 10.9 Å². The smallest absolute Gasteiger partial charge is 0.271 e. The number of piperazine rings is 1. The maximum atomic E-state index is 13.5. The molecule has 1 fully saturated rings. The molecule has 4 aromatic rings. The molecule has 0 aliphatic carbocycles. The van der Waals surface area contributed by atoms with E-state index in [-0.39, 0.29) is 17.0 Å². The first-order chi connectivity index (χ1) is 17.1. The number of hydrogen-bond acceptors (Lipinski definition) is 4. The Bertz CT molecular complexity index is 1480. The van der Waals surface area contributed by atoms with Gasteiger partial charge in [-0.25, -0.2) is 0 Å². The minimum atomic E-state index is -0.301. The molecule has 0 unspecified atom stereocenters. The third kappa shape index (κ3) is 4.39. The van der Waals surface area contributed by atoms with E-state index in [2.05, 4.69) is 11.0 Å². The minimum absolute atomic E-state index is 0.0510. The molecule has 35 heavy (non-hydrogen) atoms. The highest BCUT2D eigenvalue weighted by Gasteiger charge is 2.27. The van der Waals surface area contributed by atoms with Crippen molar-refractivity contribution >= 4 is 34.1 Å². The molecule has 7 heteroatoms. The van der Waals surface area contributed by atoms with Crippen LogP contribution in [0.5, 0.6) is 0 Å². The van der Waals surface area contributed by atoms with Gasteiger partial charge in [0.05, 0.1) is 17.7 Å². The van der Waals surface area contributed by atoms with E-state index in [9.17, 15) is 14.9 Å². The fraction of sp³-hybridized carbons (Fsp3) is 0.179. The van der Waals surface area contributed by atoms with Crippen LogP contribution >= 0.6 is 11.6 Å². The van der Waals surface area contributed by atoms with Gasteiger partial charge in [0.25, 0.3) is 11.5 Å². The van der Waals surface area contributed by atoms with Gasteiger partial charge in [-0.1, -0.05) is 60.1 Å². The maximum absolute atomic E-state index is 13.5. The molecule has 5 rings (SSSR count). The molecular formula is C28H23ClN4O2. The summed E-state index contributed by atoms with van der Waals surface area (Å²) < 4.78 is 1.67. The third-order valence-corrected chi connectivity index (χ3v) is 6.67. The Balaban J connectivity index is 1.48. The largest absolute Gasteiger partial charge is 0.366 e. The van der Waals surface area contributed by atoms with E-state index in [0.29, 0.717) is 49.0 Å². The number of nitrogens with zero attached hydrogens (tertiary/aromatic N) is 4. The number of hydrogen-bond donors (Lipinski definition) is 0. The molecule has 0 N–H and O–H groups in total. The van der Waals surface area contributed by atoms with Crippen LogP contribution in [0.1, 0.15) is 21.5 Å². The summed E-state index contributed by atoms with van der Waals surface area (Å²) in [6.45, 7) is 2.43. The van der Waals surface area contributed by atoms with E-state index in [1.807, 2.05) is 54.6 Å². The zero-order chi connectivity index (χ0) is 24.4. The number of aromatic nitrogens is 1. The van der Waals surface area contributed by atoms with Gasteiger partial charge in [-0.15, -0.1) is 0 Å². The maximum Gasteiger partial charge on any atom is 0.271 e. The first-order valence-electron chi connectivity index (χ1n) is 11.5. The lowest BCUT2D eigenvalue weighted by Crippen LogP contribution is -2.49. The molecule has 0 saturated carbocycles. The van der Waals surface area contributed by atoms with Crippen LogP contribution in [-0.4, -0.2) is 41.6 Å². The number of pyridine rings is 1. The number of para-hydroxylation sites is 1. The van der Waals surface area contributed by atoms with Crippen LogP contribution < -0.4 is 10.5 Å². The Labute approximate surface area is 208 Å². The fourth-order valence-electron chi connectivity index (χ4n) is 4.65. The van der Waals surface area contributed by atoms with Gasteiger partial charge in [-0.3, -0.25) is 9.59 Å². The summed E-state index contributed by atoms with van der Waals surface area (Å²) in [5, 5.41) is 11.5. The predicted molar refractivity (Wildman–Crippen MR) is 138 cm³/mol. The lowest BCUT2D eigenvalue weighted by molar-refractivity contribution is 0.0747. The highest BCUT2D eigenvalue weighted by molar-refractivity contribution is 6.30. The number of rotatable bonds is 4. The quantitative estimate of drug-likeness (QED) is 0.428. The molecule has 1 saturated heterocycles. The van der Waals surface area contributed by atoms with Crippen LogP contribution in [0.3, 0.4) is 0 Å². The number of amides is 1. The fourth-order valence-corrected chi connectivity index (χ4v) is 4.78. The lowest BCUT2D eigenvalue weighted by Gasteiger charge is -2.37. The van der Waals surface area contributed by atoms with Crippen molar-refractivity contribution < 1.29 is 4.79 Å². The normalized spacial score (nSPS) is 13.6. The van der Waals surface area contributed by atoms with Crippen LogP contribution in [0.4, 0.5) is 5.69 Å². The second-order valence-electron chi connectivity index (χ2n) is 8.52. The van der Waals surface area contributed by atoms with Crippen LogP contribution in [0.15, 0.2) is 83.7 Å². The van der Waals surface area contributed by atoms with E-state index >= 15 is 0 Å². The summed E-state index contributed by atoms with van der Waals surface area (Å²) in [5.41, 5.74) is 2.85. The number of benzene rings is 3. The first kappa shape index (κ1) is 22.7. The van der Waals surface area contributed by atoms with Gasteiger partial charge in [-0.05, 0) is 35.9 Å². The molecule has 3 aromatic carbocycles. The van der Waals surface area contributed by atoms with Crippen molar-refractivity contribution in [3.05, 3.63) is 111 Å². The zero-order valence-corrected chi connectivity index (χ0v) is 19.8. The van der Waals surface area contributed by atoms with Crippen molar-refractivity contribution in [1.82, 2.24) is 9.47 Å². The van der Waals surface area contributed by atoms with E-state index < -0.39 is 0 Å². The summed E-state index contributed by atoms with van der Waals surface area (Å²) in [5.74, 6) is -0.0510. The Morgan fingerprint density at radius 1 is 0.886 bits per heavy atom. The summed E-state index contributed by atoms with van der Waals surface area (Å²) >= 11 is 5.95. The van der Waals surface area contributed by atoms with E-state index in [1.54, 1.807) is 33.7 Å². The van der Waals surface area contributed by atoms with E-state index in [0.717, 1.165) is 16.5 Å². The number of halogens is 1. The van der Waals surface area contributed by atoms with Gasteiger partial charge in [0, 0.05) is 42.2 Å². The molecule has 0 atom stereocenters. The molecule has 1 aromatic heterocycles. The van der Waals surface area contributed by atoms with Crippen molar-refractivity contribution in [1.29, 1.82) is 5.26 Å². The highest BCUT2D eigenvalue weighted by Crippen LogP contribution is 2.30. The van der Waals surface area contributed by atoms with Crippen LogP contribution in [0, 0.1) is 11.3 Å². The molecule has 0 bridgehead atoms. The Morgan fingerprint density at radius 3 is 2.23 bits per heavy atom. The number of carbonyl (C=O) groups is 1. The molecule has 1 amide bonds. The molecule has 1 aliphatic heterocycles. The SMILES string of the molecule is N#Cc1c(N2CCN(C(=O)c3ccc(Cl)cc3)CC2)c2ccccc2n(Cc2ccccc2)c1=O. The second kappa shape index (κ2) is 9.65. The Hall–Kier alpha value is -4.08. The van der Waals surface area contributed by atoms with Crippen molar-refractivity contribution in [3.63, 3.8) is 0 Å². The Kier molecular flexibility index (Phi) is 6.26. The molecule has 1 aliphatic rings. The predicted octanol–water partition coefficient (Wildman–Crippen LogP) is 4.54. The number of anilines is 1. The number of carbonyl (C=O) groups excluding carboxylic acids is 1. The number of nitriles is 1. The summed E-state index contributed by atoms with van der Waals surface area (Å²) in [7, 11) is 0. The molecule has 0 radical (unpaired) electrons. The summed E-state index contributed by atoms with van der Waals surface area (Å²) in [6, 6.07) is 26.5. The van der Waals surface area contributed by atoms with E-state index in [4.69, 9.17) is 11.6 Å². The first-order valence-corrected chi connectivity index (χ1v) is 11.8. The molecule has 6 nitrogen and oxygen atoms in total. The van der Waals surface area contributed by atoms with Gasteiger partial charge in [0.2, 0.25) is 0 Å². The highest BCUT2D eigenvalue weighted by atomic mass is 35.5. The average Bonchev–Trinajstić information content (AvgIpc) is 2.90. The second-order valence-corrected chi connectivity index (χ2v) is 8.95. The summed E-state index contributed by atoms with van der Waals surface area (Å²) in [6.07, 6.45) is 0. The number of fused-ring (bicyclic) bond motifs is 1. The van der Waals surface area contributed by atoms with Crippen molar-refractivity contribution in [2.75, 3.05) is 31.1 Å². The summed E-state index contributed by atoms with van der Waals surface area (Å²) in [4.78, 5) is 30.3. The van der Waals surface area contributed by atoms with Gasteiger partial charge in [0.1, 0.15) is 11.6 Å². The van der Waals surface area contributed by atoms with Crippen LogP contribution in [-0.2, 0) is 6.54 Å². The van der Waals surface area contributed by atoms with Crippen molar-refractivity contribution in [3.8, 4) is 6.07 Å². The standard InChI is InChI=1S/C28H23ClN4O2/c29-22-12-10-21(11-13-22)27(34)32-16-14-31(15-17-32)26-23-8-4-5-9-25(23)33(28(35)24(26)18-30)19-20-6-2-1-3-7-20/h1-13H,14-17,19H2. The van der Waals surface area contributed by atoms with Gasteiger partial charge < -0.3 is 14.4 Å². The Morgan fingerprint density at radius 2 is 1.54 bits per heavy atom. The molecule has 2 heterocycles. The van der Waals surface area contributed by atoms with Crippen molar-refractivity contribution in [2.45, 2.75) is 6.54 Å². The van der Waals surface area contributed by atoms with Gasteiger partial charge in [0.15, 0.2) is 0 Å². The molecule has 0 spiro atoms.